The van der Waals surface area contributed by atoms with Crippen LogP contribution >= 0.6 is 0 Å². The number of pyridine rings is 1. The molecule has 194 valence electrons. The van der Waals surface area contributed by atoms with Crippen LogP contribution < -0.4 is 5.56 Å². The van der Waals surface area contributed by atoms with Gasteiger partial charge in [0.05, 0.1) is 5.69 Å². The van der Waals surface area contributed by atoms with Crippen LogP contribution in [0.4, 0.5) is 8.78 Å². The van der Waals surface area contributed by atoms with E-state index in [1.165, 1.54) is 6.07 Å². The normalized spacial score (nSPS) is 12.9. The van der Waals surface area contributed by atoms with E-state index in [4.69, 9.17) is 0 Å². The van der Waals surface area contributed by atoms with Gasteiger partial charge in [-0.15, -0.1) is 17.0 Å². The minimum atomic E-state index is -1.97. The highest BCUT2D eigenvalue weighted by atomic mass is 28.3. The minimum Gasteiger partial charge on any atom is -0.304 e. The molecule has 0 saturated heterocycles. The van der Waals surface area contributed by atoms with Crippen LogP contribution in [0.5, 0.6) is 0 Å². The van der Waals surface area contributed by atoms with Gasteiger partial charge >= 0.3 is 0 Å². The molecule has 0 aliphatic carbocycles. The van der Waals surface area contributed by atoms with Gasteiger partial charge < -0.3 is 4.57 Å². The van der Waals surface area contributed by atoms with Gasteiger partial charge in [0.15, 0.2) is 0 Å². The fourth-order valence-electron chi connectivity index (χ4n) is 5.24. The fourth-order valence-corrected chi connectivity index (χ4v) is 11.1. The molecule has 1 aromatic heterocycles. The lowest BCUT2D eigenvalue weighted by Crippen LogP contribution is -2.43. The van der Waals surface area contributed by atoms with E-state index in [9.17, 15) is 13.6 Å². The quantitative estimate of drug-likeness (QED) is 0.281. The minimum absolute atomic E-state index is 0.154. The fraction of sp³-hybridized carbons (Fsp3) is 0.500. The van der Waals surface area contributed by atoms with Crippen molar-refractivity contribution >= 4 is 16.1 Å². The van der Waals surface area contributed by atoms with Crippen molar-refractivity contribution in [3.8, 4) is 22.9 Å². The first kappa shape index (κ1) is 29.8. The number of rotatable bonds is 6. The van der Waals surface area contributed by atoms with Gasteiger partial charge in [-0.25, -0.2) is 8.78 Å². The van der Waals surface area contributed by atoms with E-state index in [2.05, 4.69) is 84.1 Å². The topological polar surface area (TPSA) is 22.0 Å². The molecule has 1 unspecified atom stereocenters. The van der Waals surface area contributed by atoms with Gasteiger partial charge in [-0.05, 0) is 46.5 Å². The summed E-state index contributed by atoms with van der Waals surface area (Å²) >= 11 is 0. The van der Waals surface area contributed by atoms with E-state index in [-0.39, 0.29) is 17.5 Å². The molecule has 0 saturated carbocycles. The molecule has 1 aromatic carbocycles. The van der Waals surface area contributed by atoms with Crippen molar-refractivity contribution in [2.75, 3.05) is 0 Å². The zero-order valence-electron chi connectivity index (χ0n) is 23.5. The lowest BCUT2D eigenvalue weighted by molar-refractivity contribution is 0.574. The third kappa shape index (κ3) is 6.66. The van der Waals surface area contributed by atoms with Crippen LogP contribution in [0.1, 0.15) is 70.7 Å². The summed E-state index contributed by atoms with van der Waals surface area (Å²) in [5, 5.41) is 0. The smallest absolute Gasteiger partial charge is 0.255 e. The van der Waals surface area contributed by atoms with Gasteiger partial charge in [-0.1, -0.05) is 73.2 Å². The highest BCUT2D eigenvalue weighted by molar-refractivity contribution is 6.90. The third-order valence-electron chi connectivity index (χ3n) is 7.09. The van der Waals surface area contributed by atoms with Crippen molar-refractivity contribution in [1.29, 1.82) is 0 Å². The van der Waals surface area contributed by atoms with Gasteiger partial charge in [0.2, 0.25) is 0 Å². The molecular weight excluding hydrogens is 485 g/mol. The second kappa shape index (κ2) is 11.8. The number of aromatic nitrogens is 1. The van der Waals surface area contributed by atoms with E-state index >= 15 is 0 Å². The van der Waals surface area contributed by atoms with Crippen molar-refractivity contribution in [3.05, 3.63) is 69.1 Å². The Labute approximate surface area is 218 Å². The lowest BCUT2D eigenvalue weighted by atomic mass is 9.89. The van der Waals surface area contributed by atoms with E-state index in [1.54, 1.807) is 17.7 Å². The largest absolute Gasteiger partial charge is 0.304 e. The van der Waals surface area contributed by atoms with Crippen molar-refractivity contribution < 1.29 is 8.78 Å². The molecule has 2 nitrogen and oxygen atoms in total. The first-order chi connectivity index (χ1) is 16.6. The maximum Gasteiger partial charge on any atom is 0.255 e. The summed E-state index contributed by atoms with van der Waals surface area (Å²) in [7, 11) is -1.94. The van der Waals surface area contributed by atoms with Crippen LogP contribution in [-0.4, -0.2) is 20.7 Å². The standard InChI is InChI=1S/C30H41F2NOSi2/c1-21(2)36(22(3)4,23(5)6)19-17-25-14-15-27(30(34)33(25)7)26(12-11-18-35(8,9)10)28-20-24(31)13-16-29(28)32/h13-16,20-23,26H,12H2,1-10H3. The average molecular weight is 526 g/mol. The van der Waals surface area contributed by atoms with Crippen LogP contribution in [0, 0.1) is 34.6 Å². The first-order valence-electron chi connectivity index (χ1n) is 12.8. The van der Waals surface area contributed by atoms with Crippen molar-refractivity contribution in [1.82, 2.24) is 4.57 Å². The second-order valence-electron chi connectivity index (χ2n) is 11.7. The molecule has 2 rings (SSSR count). The highest BCUT2D eigenvalue weighted by Crippen LogP contribution is 2.40. The van der Waals surface area contributed by atoms with Crippen LogP contribution in [0.3, 0.4) is 0 Å². The number of benzene rings is 1. The maximum absolute atomic E-state index is 14.8. The highest BCUT2D eigenvalue weighted by Gasteiger charge is 2.41. The lowest BCUT2D eigenvalue weighted by Gasteiger charge is -2.38. The van der Waals surface area contributed by atoms with E-state index in [0.717, 1.165) is 12.1 Å². The molecule has 0 spiro atoms. The summed E-state index contributed by atoms with van der Waals surface area (Å²) in [6, 6.07) is 6.94. The van der Waals surface area contributed by atoms with Gasteiger partial charge in [0.1, 0.15) is 27.8 Å². The van der Waals surface area contributed by atoms with Gasteiger partial charge in [0, 0.05) is 24.9 Å². The number of nitrogens with zero attached hydrogens (tertiary/aromatic N) is 1. The Kier molecular flexibility index (Phi) is 9.73. The molecule has 0 radical (unpaired) electrons. The van der Waals surface area contributed by atoms with Crippen LogP contribution in [0.2, 0.25) is 36.3 Å². The van der Waals surface area contributed by atoms with Crippen LogP contribution in [-0.2, 0) is 7.05 Å². The second-order valence-corrected chi connectivity index (χ2v) is 22.0. The number of halogens is 2. The predicted molar refractivity (Wildman–Crippen MR) is 154 cm³/mol. The Morgan fingerprint density at radius 2 is 1.44 bits per heavy atom. The molecule has 36 heavy (non-hydrogen) atoms. The molecule has 1 atom stereocenters. The number of hydrogen-bond donors (Lipinski definition) is 0. The molecule has 0 fully saturated rings. The average Bonchev–Trinajstić information content (AvgIpc) is 2.75. The third-order valence-corrected chi connectivity index (χ3v) is 14.3. The van der Waals surface area contributed by atoms with Gasteiger partial charge in [0.25, 0.3) is 5.56 Å². The zero-order valence-corrected chi connectivity index (χ0v) is 25.5. The summed E-state index contributed by atoms with van der Waals surface area (Å²) in [5.74, 6) is 4.77. The van der Waals surface area contributed by atoms with E-state index in [1.807, 2.05) is 6.07 Å². The molecule has 0 aliphatic rings. The van der Waals surface area contributed by atoms with Crippen molar-refractivity contribution in [2.24, 2.45) is 7.05 Å². The summed E-state index contributed by atoms with van der Waals surface area (Å²) in [4.78, 5) is 13.5. The molecule has 1 heterocycles. The Hall–Kier alpha value is -2.42. The van der Waals surface area contributed by atoms with Gasteiger partial charge in [-0.3, -0.25) is 4.79 Å². The van der Waals surface area contributed by atoms with E-state index < -0.39 is 33.7 Å². The van der Waals surface area contributed by atoms with Crippen molar-refractivity contribution in [3.63, 3.8) is 0 Å². The summed E-state index contributed by atoms with van der Waals surface area (Å²) in [5.41, 5.74) is 9.32. The molecule has 0 bridgehead atoms. The first-order valence-corrected chi connectivity index (χ1v) is 18.5. The monoisotopic (exact) mass is 525 g/mol. The Morgan fingerprint density at radius 1 is 0.861 bits per heavy atom. The molecule has 0 amide bonds. The number of hydrogen-bond acceptors (Lipinski definition) is 1. The van der Waals surface area contributed by atoms with Crippen LogP contribution in [0.25, 0.3) is 0 Å². The summed E-state index contributed by atoms with van der Waals surface area (Å²) in [6.45, 7) is 19.9. The predicted octanol–water partition coefficient (Wildman–Crippen LogP) is 7.64. The Bertz CT molecular complexity index is 1240. The Balaban J connectivity index is 2.67. The maximum atomic E-state index is 14.8. The summed E-state index contributed by atoms with van der Waals surface area (Å²) < 4.78 is 30.5. The summed E-state index contributed by atoms with van der Waals surface area (Å²) in [6.07, 6.45) is 0.245. The van der Waals surface area contributed by atoms with Crippen molar-refractivity contribution in [2.45, 2.75) is 90.1 Å². The SMILES string of the molecule is CC(C)[Si](C#Cc1ccc(C(CC#C[Si](C)(C)C)c2cc(F)ccc2F)c(=O)n1C)(C(C)C)C(C)C. The molecular formula is C30H41F2NOSi2. The Morgan fingerprint density at radius 3 is 1.97 bits per heavy atom. The molecule has 6 heteroatoms. The molecule has 0 aliphatic heterocycles. The zero-order chi connectivity index (χ0) is 27.4. The molecule has 2 aromatic rings. The van der Waals surface area contributed by atoms with Gasteiger partial charge in [-0.2, -0.15) is 0 Å². The molecule has 0 N–H and O–H groups in total. The van der Waals surface area contributed by atoms with Crippen LogP contribution in [0.15, 0.2) is 35.1 Å². The van der Waals surface area contributed by atoms with E-state index in [0.29, 0.717) is 27.9 Å².